The number of nitrogens with zero attached hydrogens (tertiary/aromatic N) is 1. The Hall–Kier alpha value is -2.29. The van der Waals surface area contributed by atoms with E-state index in [0.29, 0.717) is 5.56 Å². The van der Waals surface area contributed by atoms with Gasteiger partial charge < -0.3 is 18.9 Å². The number of ether oxygens (including phenoxy) is 4. The van der Waals surface area contributed by atoms with Gasteiger partial charge in [0.25, 0.3) is 11.7 Å². The maximum absolute atomic E-state index is 12.8. The van der Waals surface area contributed by atoms with Gasteiger partial charge in [0.05, 0.1) is 6.61 Å². The lowest BCUT2D eigenvalue weighted by molar-refractivity contribution is -0.219. The molecule has 1 unspecified atom stereocenters. The Bertz CT molecular complexity index is 747. The first kappa shape index (κ1) is 16.2. The molecular formula is C17H17NO7. The van der Waals surface area contributed by atoms with Crippen LogP contribution in [0, 0.1) is 0 Å². The highest BCUT2D eigenvalue weighted by molar-refractivity contribution is 6.06. The van der Waals surface area contributed by atoms with Crippen molar-refractivity contribution in [3.63, 3.8) is 0 Å². The summed E-state index contributed by atoms with van der Waals surface area (Å²) in [5.74, 6) is -3.87. The average molecular weight is 347 g/mol. The number of imide groups is 1. The van der Waals surface area contributed by atoms with Gasteiger partial charge in [-0.05, 0) is 26.0 Å². The van der Waals surface area contributed by atoms with Gasteiger partial charge in [0.15, 0.2) is 11.9 Å². The summed E-state index contributed by atoms with van der Waals surface area (Å²) in [6.45, 7) is 3.10. The normalized spacial score (nSPS) is 33.4. The van der Waals surface area contributed by atoms with E-state index in [-0.39, 0.29) is 13.2 Å². The zero-order valence-electron chi connectivity index (χ0n) is 13.8. The van der Waals surface area contributed by atoms with Crippen molar-refractivity contribution in [2.45, 2.75) is 37.6 Å². The SMILES string of the molecule is CC1(C)OC2C(=O)[C@@]3(CN(C(=O)c4ccccc4)C(=O)O3)OC[C@H]2O1. The molecule has 3 heterocycles. The molecular weight excluding hydrogens is 330 g/mol. The molecule has 0 N–H and O–H groups in total. The molecule has 8 heteroatoms. The molecule has 132 valence electrons. The van der Waals surface area contributed by atoms with Gasteiger partial charge in [0, 0.05) is 5.56 Å². The lowest BCUT2D eigenvalue weighted by atomic mass is 9.98. The van der Waals surface area contributed by atoms with Gasteiger partial charge in [-0.1, -0.05) is 18.2 Å². The Morgan fingerprint density at radius 1 is 1.16 bits per heavy atom. The number of hydrogen-bond donors (Lipinski definition) is 0. The van der Waals surface area contributed by atoms with Crippen molar-refractivity contribution in [1.29, 1.82) is 0 Å². The molecule has 3 aliphatic rings. The first-order chi connectivity index (χ1) is 11.8. The molecule has 3 atom stereocenters. The van der Waals surface area contributed by atoms with Gasteiger partial charge in [-0.3, -0.25) is 9.59 Å². The number of carbonyl (C=O) groups excluding carboxylic acids is 3. The first-order valence-corrected chi connectivity index (χ1v) is 7.95. The van der Waals surface area contributed by atoms with E-state index in [1.165, 1.54) is 0 Å². The lowest BCUT2D eigenvalue weighted by Crippen LogP contribution is -2.59. The van der Waals surface area contributed by atoms with Crippen molar-refractivity contribution in [3.05, 3.63) is 35.9 Å². The summed E-state index contributed by atoms with van der Waals surface area (Å²) >= 11 is 0. The van der Waals surface area contributed by atoms with Crippen LogP contribution in [0.1, 0.15) is 24.2 Å². The lowest BCUT2D eigenvalue weighted by Gasteiger charge is -2.34. The Labute approximate surface area is 143 Å². The van der Waals surface area contributed by atoms with Gasteiger partial charge >= 0.3 is 6.09 Å². The third kappa shape index (κ3) is 2.53. The summed E-state index contributed by atoms with van der Waals surface area (Å²) in [4.78, 5) is 38.4. The molecule has 25 heavy (non-hydrogen) atoms. The summed E-state index contributed by atoms with van der Waals surface area (Å²) in [5.41, 5.74) is 0.319. The standard InChI is InChI=1S/C17H17NO7/c1-16(2)23-11-8-22-17(13(19)12(11)24-16)9-18(15(21)25-17)14(20)10-6-4-3-5-7-10/h3-7,11-12H,8-9H2,1-2H3/t11-,12?,17+/m1/s1. The summed E-state index contributed by atoms with van der Waals surface area (Å²) < 4.78 is 22.0. The number of Topliss-reactive ketones (excluding diaryl/α,β-unsaturated/α-hetero) is 1. The van der Waals surface area contributed by atoms with Gasteiger partial charge in [-0.2, -0.15) is 0 Å². The molecule has 3 saturated heterocycles. The Balaban J connectivity index is 1.57. The van der Waals surface area contributed by atoms with Crippen LogP contribution in [-0.4, -0.2) is 59.6 Å². The van der Waals surface area contributed by atoms with Crippen LogP contribution in [0.3, 0.4) is 0 Å². The molecule has 2 amide bonds. The van der Waals surface area contributed by atoms with Crippen molar-refractivity contribution in [3.8, 4) is 0 Å². The van der Waals surface area contributed by atoms with E-state index in [1.54, 1.807) is 44.2 Å². The minimum Gasteiger partial charge on any atom is -0.406 e. The van der Waals surface area contributed by atoms with Gasteiger partial charge in [-0.25, -0.2) is 9.69 Å². The number of carbonyl (C=O) groups is 3. The zero-order valence-corrected chi connectivity index (χ0v) is 13.8. The van der Waals surface area contributed by atoms with Crippen LogP contribution in [0.25, 0.3) is 0 Å². The molecule has 0 bridgehead atoms. The van der Waals surface area contributed by atoms with Crippen LogP contribution >= 0.6 is 0 Å². The van der Waals surface area contributed by atoms with Crippen molar-refractivity contribution in [2.75, 3.05) is 13.2 Å². The monoisotopic (exact) mass is 347 g/mol. The van der Waals surface area contributed by atoms with E-state index in [1.807, 2.05) is 0 Å². The number of amides is 2. The van der Waals surface area contributed by atoms with Gasteiger partial charge in [-0.15, -0.1) is 0 Å². The van der Waals surface area contributed by atoms with E-state index in [2.05, 4.69) is 0 Å². The summed E-state index contributed by atoms with van der Waals surface area (Å²) in [5, 5.41) is 0. The molecule has 4 rings (SSSR count). The van der Waals surface area contributed by atoms with E-state index < -0.39 is 41.6 Å². The van der Waals surface area contributed by atoms with Crippen LogP contribution < -0.4 is 0 Å². The zero-order chi connectivity index (χ0) is 17.8. The topological polar surface area (TPSA) is 91.4 Å². The van der Waals surface area contributed by atoms with Crippen LogP contribution in [0.4, 0.5) is 4.79 Å². The second kappa shape index (κ2) is 5.35. The van der Waals surface area contributed by atoms with Gasteiger partial charge in [0.2, 0.25) is 5.78 Å². The Morgan fingerprint density at radius 3 is 2.60 bits per heavy atom. The highest BCUT2D eigenvalue weighted by Crippen LogP contribution is 2.39. The third-order valence-electron chi connectivity index (χ3n) is 4.40. The fraction of sp³-hybridized carbons (Fsp3) is 0.471. The molecule has 0 aromatic heterocycles. The average Bonchev–Trinajstić information content (AvgIpc) is 3.09. The fourth-order valence-electron chi connectivity index (χ4n) is 3.28. The largest absolute Gasteiger partial charge is 0.420 e. The van der Waals surface area contributed by atoms with E-state index in [0.717, 1.165) is 4.90 Å². The third-order valence-corrected chi connectivity index (χ3v) is 4.40. The minimum atomic E-state index is -1.84. The molecule has 0 saturated carbocycles. The summed E-state index contributed by atoms with van der Waals surface area (Å²) in [6.07, 6.45) is -2.38. The van der Waals surface area contributed by atoms with Crippen molar-refractivity contribution < 1.29 is 33.3 Å². The van der Waals surface area contributed by atoms with Gasteiger partial charge in [0.1, 0.15) is 12.6 Å². The molecule has 0 radical (unpaired) electrons. The number of benzene rings is 1. The molecule has 0 aliphatic carbocycles. The molecule has 1 spiro atoms. The number of fused-ring (bicyclic) bond motifs is 1. The Morgan fingerprint density at radius 2 is 1.88 bits per heavy atom. The summed E-state index contributed by atoms with van der Waals surface area (Å²) in [7, 11) is 0. The molecule has 3 aliphatic heterocycles. The van der Waals surface area contributed by atoms with Crippen LogP contribution in [0.15, 0.2) is 30.3 Å². The second-order valence-corrected chi connectivity index (χ2v) is 6.65. The van der Waals surface area contributed by atoms with Crippen LogP contribution in [0.5, 0.6) is 0 Å². The Kier molecular flexibility index (Phi) is 3.47. The summed E-state index contributed by atoms with van der Waals surface area (Å²) in [6, 6.07) is 8.28. The van der Waals surface area contributed by atoms with E-state index in [4.69, 9.17) is 18.9 Å². The maximum atomic E-state index is 12.8. The van der Waals surface area contributed by atoms with E-state index in [9.17, 15) is 14.4 Å². The highest BCUT2D eigenvalue weighted by atomic mass is 16.8. The predicted molar refractivity (Wildman–Crippen MR) is 81.5 cm³/mol. The smallest absolute Gasteiger partial charge is 0.406 e. The molecule has 1 aromatic rings. The quantitative estimate of drug-likeness (QED) is 0.751. The highest BCUT2D eigenvalue weighted by Gasteiger charge is 2.63. The van der Waals surface area contributed by atoms with Crippen molar-refractivity contribution in [1.82, 2.24) is 4.90 Å². The molecule has 8 nitrogen and oxygen atoms in total. The van der Waals surface area contributed by atoms with Crippen molar-refractivity contribution in [2.24, 2.45) is 0 Å². The van der Waals surface area contributed by atoms with Crippen LogP contribution in [-0.2, 0) is 23.7 Å². The maximum Gasteiger partial charge on any atom is 0.420 e. The fourth-order valence-corrected chi connectivity index (χ4v) is 3.28. The number of rotatable bonds is 1. The van der Waals surface area contributed by atoms with Crippen molar-refractivity contribution >= 4 is 17.8 Å². The molecule has 3 fully saturated rings. The minimum absolute atomic E-state index is 0.0283. The number of hydrogen-bond acceptors (Lipinski definition) is 7. The second-order valence-electron chi connectivity index (χ2n) is 6.65. The van der Waals surface area contributed by atoms with E-state index >= 15 is 0 Å². The predicted octanol–water partition coefficient (Wildman–Crippen LogP) is 1.09. The van der Waals surface area contributed by atoms with Crippen LogP contribution in [0.2, 0.25) is 0 Å². The number of ketones is 1. The first-order valence-electron chi connectivity index (χ1n) is 7.95. The molecule has 1 aromatic carbocycles.